The summed E-state index contributed by atoms with van der Waals surface area (Å²) < 4.78 is 27.7. The summed E-state index contributed by atoms with van der Waals surface area (Å²) in [6, 6.07) is 18.5. The Morgan fingerprint density at radius 2 is 1.58 bits per heavy atom. The van der Waals surface area contributed by atoms with Crippen LogP contribution in [0.5, 0.6) is 0 Å². The van der Waals surface area contributed by atoms with Gasteiger partial charge in [0.05, 0.1) is 4.90 Å². The summed E-state index contributed by atoms with van der Waals surface area (Å²) in [5.74, 6) is -0.166. The van der Waals surface area contributed by atoms with Gasteiger partial charge in [-0.1, -0.05) is 41.5 Å². The second-order valence-corrected chi connectivity index (χ2v) is 10.1. The van der Waals surface area contributed by atoms with Crippen molar-refractivity contribution in [2.75, 3.05) is 11.9 Å². The predicted octanol–water partition coefficient (Wildman–Crippen LogP) is 4.61. The molecule has 1 aliphatic heterocycles. The lowest BCUT2D eigenvalue weighted by Crippen LogP contribution is -2.36. The van der Waals surface area contributed by atoms with Gasteiger partial charge in [0.15, 0.2) is 0 Å². The predicted molar refractivity (Wildman–Crippen MR) is 123 cm³/mol. The molecule has 0 fully saturated rings. The van der Waals surface area contributed by atoms with E-state index in [1.165, 1.54) is 4.31 Å². The Labute approximate surface area is 183 Å². The van der Waals surface area contributed by atoms with Gasteiger partial charge in [-0.3, -0.25) is 4.79 Å². The summed E-state index contributed by atoms with van der Waals surface area (Å²) in [5, 5.41) is 2.96. The molecule has 0 aliphatic carbocycles. The summed E-state index contributed by atoms with van der Waals surface area (Å²) >= 11 is 0. The second kappa shape index (κ2) is 8.29. The molecule has 1 heterocycles. The van der Waals surface area contributed by atoms with E-state index in [0.29, 0.717) is 35.7 Å². The van der Waals surface area contributed by atoms with Gasteiger partial charge in [0.1, 0.15) is 0 Å². The van der Waals surface area contributed by atoms with E-state index in [-0.39, 0.29) is 5.91 Å². The van der Waals surface area contributed by atoms with Crippen LogP contribution >= 0.6 is 0 Å². The van der Waals surface area contributed by atoms with Crippen molar-refractivity contribution in [1.82, 2.24) is 4.31 Å². The van der Waals surface area contributed by atoms with Crippen LogP contribution in [-0.2, 0) is 23.0 Å². The molecule has 0 atom stereocenters. The van der Waals surface area contributed by atoms with Crippen LogP contribution in [0, 0.1) is 20.8 Å². The van der Waals surface area contributed by atoms with E-state index in [1.807, 2.05) is 69.3 Å². The molecule has 1 aliphatic rings. The zero-order valence-electron chi connectivity index (χ0n) is 18.0. The quantitative estimate of drug-likeness (QED) is 0.652. The van der Waals surface area contributed by atoms with Crippen molar-refractivity contribution < 1.29 is 13.2 Å². The molecule has 5 nitrogen and oxygen atoms in total. The van der Waals surface area contributed by atoms with E-state index in [2.05, 4.69) is 5.32 Å². The first-order chi connectivity index (χ1) is 14.7. The highest BCUT2D eigenvalue weighted by molar-refractivity contribution is 7.89. The molecule has 1 N–H and O–H groups in total. The van der Waals surface area contributed by atoms with Crippen molar-refractivity contribution >= 4 is 21.6 Å². The number of nitrogens with one attached hydrogen (secondary N) is 1. The van der Waals surface area contributed by atoms with E-state index in [9.17, 15) is 13.2 Å². The third-order valence-corrected chi connectivity index (χ3v) is 7.60. The monoisotopic (exact) mass is 434 g/mol. The van der Waals surface area contributed by atoms with E-state index in [1.54, 1.807) is 12.1 Å². The fourth-order valence-electron chi connectivity index (χ4n) is 3.85. The van der Waals surface area contributed by atoms with Crippen molar-refractivity contribution in [2.24, 2.45) is 0 Å². The molecule has 0 aromatic heterocycles. The number of aryl methyl sites for hydroxylation is 3. The molecular weight excluding hydrogens is 408 g/mol. The van der Waals surface area contributed by atoms with Gasteiger partial charge < -0.3 is 5.32 Å². The molecule has 0 radical (unpaired) electrons. The minimum absolute atomic E-state index is 0.166. The average Bonchev–Trinajstić information content (AvgIpc) is 2.75. The highest BCUT2D eigenvalue weighted by Gasteiger charge is 2.28. The molecule has 6 heteroatoms. The van der Waals surface area contributed by atoms with E-state index >= 15 is 0 Å². The molecule has 160 valence electrons. The van der Waals surface area contributed by atoms with Crippen molar-refractivity contribution in [1.29, 1.82) is 0 Å². The normalized spacial score (nSPS) is 14.2. The fraction of sp³-hybridized carbons (Fsp3) is 0.240. The molecule has 3 aromatic carbocycles. The lowest BCUT2D eigenvalue weighted by atomic mass is 10.00. The summed E-state index contributed by atoms with van der Waals surface area (Å²) in [7, 11) is -3.56. The van der Waals surface area contributed by atoms with E-state index in [0.717, 1.165) is 27.8 Å². The van der Waals surface area contributed by atoms with Crippen molar-refractivity contribution in [2.45, 2.75) is 38.6 Å². The van der Waals surface area contributed by atoms with Gasteiger partial charge in [0.25, 0.3) is 5.91 Å². The Hall–Kier alpha value is -2.96. The first-order valence-electron chi connectivity index (χ1n) is 10.3. The third-order valence-electron chi connectivity index (χ3n) is 5.74. The van der Waals surface area contributed by atoms with Crippen LogP contribution < -0.4 is 5.32 Å². The molecule has 31 heavy (non-hydrogen) atoms. The molecular formula is C25H26N2O3S. The highest BCUT2D eigenvalue weighted by Crippen LogP contribution is 2.27. The molecule has 4 rings (SSSR count). The van der Waals surface area contributed by atoms with Crippen LogP contribution in [0.15, 0.2) is 65.6 Å². The number of hydrogen-bond donors (Lipinski definition) is 1. The van der Waals surface area contributed by atoms with Gasteiger partial charge in [-0.15, -0.1) is 0 Å². The smallest absolute Gasteiger partial charge is 0.255 e. The third kappa shape index (κ3) is 4.40. The molecule has 0 spiro atoms. The van der Waals surface area contributed by atoms with Gasteiger partial charge in [0.2, 0.25) is 10.0 Å². The number of hydrogen-bond acceptors (Lipinski definition) is 3. The number of benzene rings is 3. The van der Waals surface area contributed by atoms with Crippen molar-refractivity contribution in [3.63, 3.8) is 0 Å². The number of amides is 1. The summed E-state index contributed by atoms with van der Waals surface area (Å²) in [6.07, 6.45) is 0.644. The number of anilines is 1. The minimum atomic E-state index is -3.56. The number of rotatable bonds is 4. The Kier molecular flexibility index (Phi) is 5.69. The molecule has 0 unspecified atom stereocenters. The van der Waals surface area contributed by atoms with Crippen LogP contribution in [-0.4, -0.2) is 25.2 Å². The maximum Gasteiger partial charge on any atom is 0.255 e. The Morgan fingerprint density at radius 3 is 2.32 bits per heavy atom. The van der Waals surface area contributed by atoms with Crippen LogP contribution in [0.25, 0.3) is 0 Å². The number of fused-ring (bicyclic) bond motifs is 1. The number of carbonyl (C=O) groups excluding carboxylic acids is 1. The maximum absolute atomic E-state index is 13.1. The first kappa shape index (κ1) is 21.3. The lowest BCUT2D eigenvalue weighted by Gasteiger charge is -2.28. The number of sulfonamides is 1. The average molecular weight is 435 g/mol. The highest BCUT2D eigenvalue weighted by atomic mass is 32.2. The zero-order valence-corrected chi connectivity index (χ0v) is 18.8. The van der Waals surface area contributed by atoms with Crippen molar-refractivity contribution in [3.05, 3.63) is 94.0 Å². The lowest BCUT2D eigenvalue weighted by molar-refractivity contribution is 0.102. The summed E-state index contributed by atoms with van der Waals surface area (Å²) in [4.78, 5) is 13.1. The van der Waals surface area contributed by atoms with Crippen LogP contribution in [0.2, 0.25) is 0 Å². The van der Waals surface area contributed by atoms with Crippen LogP contribution in [0.3, 0.4) is 0 Å². The fourth-order valence-corrected chi connectivity index (χ4v) is 5.27. The van der Waals surface area contributed by atoms with E-state index < -0.39 is 10.0 Å². The largest absolute Gasteiger partial charge is 0.322 e. The zero-order chi connectivity index (χ0) is 22.2. The Morgan fingerprint density at radius 1 is 0.871 bits per heavy atom. The van der Waals surface area contributed by atoms with Gasteiger partial charge in [-0.2, -0.15) is 4.31 Å². The SMILES string of the molecule is Cc1ccc(S(=O)(=O)N2CCc3ccc(NC(=O)c4cc(C)ccc4C)cc3C2)cc1. The van der Waals surface area contributed by atoms with Crippen LogP contribution in [0.1, 0.15) is 38.2 Å². The van der Waals surface area contributed by atoms with Gasteiger partial charge in [0, 0.05) is 24.3 Å². The molecule has 0 saturated carbocycles. The van der Waals surface area contributed by atoms with E-state index in [4.69, 9.17) is 0 Å². The van der Waals surface area contributed by atoms with Gasteiger partial charge in [-0.25, -0.2) is 8.42 Å². The summed E-state index contributed by atoms with van der Waals surface area (Å²) in [5.41, 5.74) is 6.29. The van der Waals surface area contributed by atoms with Crippen molar-refractivity contribution in [3.8, 4) is 0 Å². The first-order valence-corrected chi connectivity index (χ1v) is 11.8. The summed E-state index contributed by atoms with van der Waals surface area (Å²) in [6.45, 7) is 6.53. The second-order valence-electron chi connectivity index (χ2n) is 8.16. The molecule has 0 saturated heterocycles. The van der Waals surface area contributed by atoms with Crippen LogP contribution in [0.4, 0.5) is 5.69 Å². The number of carbonyl (C=O) groups is 1. The van der Waals surface area contributed by atoms with Gasteiger partial charge >= 0.3 is 0 Å². The maximum atomic E-state index is 13.1. The van der Waals surface area contributed by atoms with Gasteiger partial charge in [-0.05, 0) is 74.2 Å². The number of nitrogens with zero attached hydrogens (tertiary/aromatic N) is 1. The Bertz CT molecular complexity index is 1250. The molecule has 1 amide bonds. The molecule has 3 aromatic rings. The standard InChI is InChI=1S/C25H26N2O3S/c1-17-5-10-23(11-6-17)31(29,30)27-13-12-20-8-9-22(15-21(20)16-27)26-25(28)24-14-18(2)4-7-19(24)3/h4-11,14-15H,12-13,16H2,1-3H3,(H,26,28). The molecule has 0 bridgehead atoms. The minimum Gasteiger partial charge on any atom is -0.322 e. The Balaban J connectivity index is 1.56. The topological polar surface area (TPSA) is 66.5 Å².